The highest BCUT2D eigenvalue weighted by atomic mass is 16.4. The fourth-order valence-electron chi connectivity index (χ4n) is 1.28. The molecule has 0 unspecified atom stereocenters. The van der Waals surface area contributed by atoms with Crippen LogP contribution in [0.4, 0.5) is 0 Å². The van der Waals surface area contributed by atoms with Gasteiger partial charge in [0.1, 0.15) is 5.69 Å². The smallest absolute Gasteiger partial charge is 0.354 e. The summed E-state index contributed by atoms with van der Waals surface area (Å²) in [6, 6.07) is 3.56. The van der Waals surface area contributed by atoms with Crippen molar-refractivity contribution in [3.8, 4) is 0 Å². The average Bonchev–Trinajstić information content (AvgIpc) is 2.03. The van der Waals surface area contributed by atoms with Crippen LogP contribution in [-0.2, 0) is 6.42 Å². The van der Waals surface area contributed by atoms with E-state index in [4.69, 9.17) is 5.11 Å². The fourth-order valence-corrected chi connectivity index (χ4v) is 1.28. The zero-order valence-corrected chi connectivity index (χ0v) is 7.87. The maximum atomic E-state index is 10.6. The Morgan fingerprint density at radius 1 is 1.54 bits per heavy atom. The molecule has 3 nitrogen and oxygen atoms in total. The van der Waals surface area contributed by atoms with Gasteiger partial charge < -0.3 is 5.11 Å². The van der Waals surface area contributed by atoms with E-state index < -0.39 is 5.97 Å². The van der Waals surface area contributed by atoms with Crippen molar-refractivity contribution in [3.63, 3.8) is 0 Å². The minimum atomic E-state index is -0.957. The summed E-state index contributed by atoms with van der Waals surface area (Å²) < 4.78 is 0. The van der Waals surface area contributed by atoms with Gasteiger partial charge in [0, 0.05) is 5.69 Å². The maximum absolute atomic E-state index is 10.6. The van der Waals surface area contributed by atoms with Gasteiger partial charge in [0.25, 0.3) is 0 Å². The zero-order valence-electron chi connectivity index (χ0n) is 7.87. The second-order valence-corrected chi connectivity index (χ2v) is 3.06. The number of aromatic carboxylic acids is 1. The summed E-state index contributed by atoms with van der Waals surface area (Å²) in [6.45, 7) is 3.88. The predicted molar refractivity (Wildman–Crippen MR) is 49.9 cm³/mol. The third-order valence-corrected chi connectivity index (χ3v) is 1.77. The van der Waals surface area contributed by atoms with Crippen molar-refractivity contribution in [1.29, 1.82) is 0 Å². The van der Waals surface area contributed by atoms with Crippen molar-refractivity contribution >= 4 is 5.97 Å². The van der Waals surface area contributed by atoms with Crippen LogP contribution >= 0.6 is 0 Å². The van der Waals surface area contributed by atoms with Crippen LogP contribution in [0.5, 0.6) is 0 Å². The third kappa shape index (κ3) is 2.54. The number of pyridine rings is 1. The summed E-state index contributed by atoms with van der Waals surface area (Å²) in [5, 5.41) is 8.74. The second kappa shape index (κ2) is 4.03. The molecule has 1 N–H and O–H groups in total. The molecule has 1 heterocycles. The Bertz CT molecular complexity index is 321. The lowest BCUT2D eigenvalue weighted by Crippen LogP contribution is -2.03. The Morgan fingerprint density at radius 3 is 2.77 bits per heavy atom. The van der Waals surface area contributed by atoms with E-state index in [-0.39, 0.29) is 5.69 Å². The molecule has 1 rings (SSSR count). The minimum absolute atomic E-state index is 0.142. The van der Waals surface area contributed by atoms with E-state index in [1.54, 1.807) is 6.07 Å². The summed E-state index contributed by atoms with van der Waals surface area (Å²) in [4.78, 5) is 14.6. The Labute approximate surface area is 77.4 Å². The number of carboxylic acids is 1. The van der Waals surface area contributed by atoms with Gasteiger partial charge in [-0.15, -0.1) is 0 Å². The van der Waals surface area contributed by atoms with Gasteiger partial charge in [-0.3, -0.25) is 0 Å². The molecule has 0 saturated carbocycles. The van der Waals surface area contributed by atoms with Crippen molar-refractivity contribution in [1.82, 2.24) is 4.98 Å². The Balaban J connectivity index is 3.03. The minimum Gasteiger partial charge on any atom is -0.477 e. The number of carbonyl (C=O) groups is 1. The number of carboxylic acid groups (broad SMARTS) is 1. The molecule has 0 aliphatic heterocycles. The molecule has 0 spiro atoms. The number of hydrogen-bond acceptors (Lipinski definition) is 2. The molecule has 1 aromatic heterocycles. The molecule has 0 saturated heterocycles. The molecule has 0 bridgehead atoms. The van der Waals surface area contributed by atoms with Crippen LogP contribution in [0.2, 0.25) is 0 Å². The van der Waals surface area contributed by atoms with Gasteiger partial charge in [0.15, 0.2) is 0 Å². The van der Waals surface area contributed by atoms with E-state index >= 15 is 0 Å². The zero-order chi connectivity index (χ0) is 9.84. The van der Waals surface area contributed by atoms with Crippen LogP contribution < -0.4 is 0 Å². The lowest BCUT2D eigenvalue weighted by atomic mass is 10.1. The number of hydrogen-bond donors (Lipinski definition) is 1. The molecule has 0 aliphatic rings. The van der Waals surface area contributed by atoms with Crippen LogP contribution in [0.15, 0.2) is 12.1 Å². The van der Waals surface area contributed by atoms with Crippen LogP contribution in [0.1, 0.15) is 35.1 Å². The molecule has 1 aromatic rings. The van der Waals surface area contributed by atoms with Gasteiger partial charge in [0.05, 0.1) is 0 Å². The van der Waals surface area contributed by atoms with Crippen molar-refractivity contribution in [3.05, 3.63) is 29.1 Å². The molecule has 0 atom stereocenters. The summed E-state index contributed by atoms with van der Waals surface area (Å²) in [7, 11) is 0. The highest BCUT2D eigenvalue weighted by Gasteiger charge is 2.06. The van der Waals surface area contributed by atoms with Gasteiger partial charge >= 0.3 is 5.97 Å². The summed E-state index contributed by atoms with van der Waals surface area (Å²) in [6.07, 6.45) is 1.92. The van der Waals surface area contributed by atoms with Crippen molar-refractivity contribution < 1.29 is 9.90 Å². The van der Waals surface area contributed by atoms with Gasteiger partial charge in [0.2, 0.25) is 0 Å². The Hall–Kier alpha value is -1.38. The molecule has 0 aromatic carbocycles. The van der Waals surface area contributed by atoms with Gasteiger partial charge in [-0.05, 0) is 31.0 Å². The molecule has 3 heteroatoms. The van der Waals surface area contributed by atoms with E-state index in [2.05, 4.69) is 11.9 Å². The molecule has 0 fully saturated rings. The van der Waals surface area contributed by atoms with Gasteiger partial charge in [-0.2, -0.15) is 0 Å². The van der Waals surface area contributed by atoms with E-state index in [1.807, 2.05) is 13.0 Å². The quantitative estimate of drug-likeness (QED) is 0.772. The average molecular weight is 179 g/mol. The van der Waals surface area contributed by atoms with Gasteiger partial charge in [-0.25, -0.2) is 9.78 Å². The number of aromatic nitrogens is 1. The van der Waals surface area contributed by atoms with Crippen molar-refractivity contribution in [2.24, 2.45) is 0 Å². The highest BCUT2D eigenvalue weighted by molar-refractivity contribution is 5.85. The molecular weight excluding hydrogens is 166 g/mol. The Kier molecular flexibility index (Phi) is 3.01. The number of nitrogens with zero attached hydrogens (tertiary/aromatic N) is 1. The predicted octanol–water partition coefficient (Wildman–Crippen LogP) is 2.04. The topological polar surface area (TPSA) is 50.2 Å². The second-order valence-electron chi connectivity index (χ2n) is 3.06. The molecule has 0 radical (unpaired) electrons. The van der Waals surface area contributed by atoms with Crippen LogP contribution in [0.3, 0.4) is 0 Å². The SMILES string of the molecule is CCCc1cc(C)nc(C(=O)O)c1. The summed E-state index contributed by atoms with van der Waals surface area (Å²) >= 11 is 0. The van der Waals surface area contributed by atoms with Crippen LogP contribution in [0.25, 0.3) is 0 Å². The van der Waals surface area contributed by atoms with Crippen LogP contribution in [0, 0.1) is 6.92 Å². The standard InChI is InChI=1S/C10H13NO2/c1-3-4-8-5-7(2)11-9(6-8)10(12)13/h5-6H,3-4H2,1-2H3,(H,12,13). The molecule has 0 amide bonds. The molecule has 70 valence electrons. The molecule has 0 aliphatic carbocycles. The first-order valence-corrected chi connectivity index (χ1v) is 4.34. The highest BCUT2D eigenvalue weighted by Crippen LogP contribution is 2.07. The first kappa shape index (κ1) is 9.71. The normalized spacial score (nSPS) is 10.0. The van der Waals surface area contributed by atoms with Crippen molar-refractivity contribution in [2.75, 3.05) is 0 Å². The fraction of sp³-hybridized carbons (Fsp3) is 0.400. The van der Waals surface area contributed by atoms with E-state index in [0.717, 1.165) is 24.1 Å². The first-order valence-electron chi connectivity index (χ1n) is 4.34. The lowest BCUT2D eigenvalue weighted by Gasteiger charge is -2.02. The van der Waals surface area contributed by atoms with E-state index in [9.17, 15) is 4.79 Å². The summed E-state index contributed by atoms with van der Waals surface area (Å²) in [5.74, 6) is -0.957. The first-order chi connectivity index (χ1) is 6.13. The maximum Gasteiger partial charge on any atom is 0.354 e. The number of rotatable bonds is 3. The largest absolute Gasteiger partial charge is 0.477 e. The third-order valence-electron chi connectivity index (χ3n) is 1.77. The lowest BCUT2D eigenvalue weighted by molar-refractivity contribution is 0.0690. The monoisotopic (exact) mass is 179 g/mol. The van der Waals surface area contributed by atoms with E-state index in [1.165, 1.54) is 0 Å². The molecule has 13 heavy (non-hydrogen) atoms. The Morgan fingerprint density at radius 2 is 2.23 bits per heavy atom. The van der Waals surface area contributed by atoms with Crippen molar-refractivity contribution in [2.45, 2.75) is 26.7 Å². The van der Waals surface area contributed by atoms with Crippen LogP contribution in [-0.4, -0.2) is 16.1 Å². The van der Waals surface area contributed by atoms with E-state index in [0.29, 0.717) is 0 Å². The number of aryl methyl sites for hydroxylation is 2. The summed E-state index contributed by atoms with van der Waals surface area (Å²) in [5.41, 5.74) is 1.96. The van der Waals surface area contributed by atoms with Gasteiger partial charge in [-0.1, -0.05) is 13.3 Å². The molecular formula is C10H13NO2.